The molecule has 1 N–H and O–H groups in total. The molecule has 1 aliphatic carbocycles. The zero-order valence-electron chi connectivity index (χ0n) is 14.6. The van der Waals surface area contributed by atoms with Crippen LogP contribution in [0.2, 0.25) is 5.02 Å². The van der Waals surface area contributed by atoms with E-state index in [1.165, 1.54) is 24.3 Å². The Balaban J connectivity index is 2.00. The van der Waals surface area contributed by atoms with Crippen molar-refractivity contribution in [1.82, 2.24) is 0 Å². The van der Waals surface area contributed by atoms with E-state index in [2.05, 4.69) is 0 Å². The number of alkyl halides is 3. The largest absolute Gasteiger partial charge is 0.478 e. The fourth-order valence-corrected chi connectivity index (χ4v) is 2.83. The van der Waals surface area contributed by atoms with Crippen molar-refractivity contribution in [3.63, 3.8) is 0 Å². The van der Waals surface area contributed by atoms with Crippen molar-refractivity contribution in [3.8, 4) is 11.5 Å². The van der Waals surface area contributed by atoms with Gasteiger partial charge in [0.2, 0.25) is 0 Å². The molecule has 0 atom stereocenters. The Bertz CT molecular complexity index is 1050. The number of hydrogen-bond acceptors (Lipinski definition) is 2. The fraction of sp³-hybridized carbons (Fsp3) is 0.0952. The van der Waals surface area contributed by atoms with Crippen molar-refractivity contribution in [2.75, 3.05) is 0 Å². The van der Waals surface area contributed by atoms with E-state index in [1.807, 2.05) is 0 Å². The molecule has 0 amide bonds. The molecule has 2 aromatic carbocycles. The van der Waals surface area contributed by atoms with Gasteiger partial charge in [-0.15, -0.1) is 0 Å². The van der Waals surface area contributed by atoms with Crippen LogP contribution in [0.5, 0.6) is 11.5 Å². The second-order valence-corrected chi connectivity index (χ2v) is 6.56. The quantitative estimate of drug-likeness (QED) is 0.559. The summed E-state index contributed by atoms with van der Waals surface area (Å²) in [6.45, 7) is 0. The van der Waals surface area contributed by atoms with Crippen molar-refractivity contribution >= 4 is 23.6 Å². The van der Waals surface area contributed by atoms with Crippen molar-refractivity contribution in [1.29, 1.82) is 0 Å². The van der Waals surface area contributed by atoms with E-state index >= 15 is 0 Å². The first-order valence-electron chi connectivity index (χ1n) is 8.30. The summed E-state index contributed by atoms with van der Waals surface area (Å²) in [6.07, 6.45) is 1.75. The molecule has 150 valence electrons. The molecular formula is C21H13ClF4O3. The van der Waals surface area contributed by atoms with Crippen LogP contribution in [0.25, 0.3) is 6.08 Å². The Morgan fingerprint density at radius 1 is 1.10 bits per heavy atom. The highest BCUT2D eigenvalue weighted by Crippen LogP contribution is 2.38. The summed E-state index contributed by atoms with van der Waals surface area (Å²) >= 11 is 5.92. The van der Waals surface area contributed by atoms with E-state index < -0.39 is 23.5 Å². The lowest BCUT2D eigenvalue weighted by Gasteiger charge is -2.15. The van der Waals surface area contributed by atoms with Crippen molar-refractivity contribution < 1.29 is 32.2 Å². The molecule has 3 nitrogen and oxygen atoms in total. The van der Waals surface area contributed by atoms with Gasteiger partial charge in [-0.05, 0) is 54.5 Å². The average Bonchev–Trinajstić information content (AvgIpc) is 2.65. The monoisotopic (exact) mass is 424 g/mol. The van der Waals surface area contributed by atoms with E-state index in [4.69, 9.17) is 21.4 Å². The van der Waals surface area contributed by atoms with Crippen LogP contribution < -0.4 is 4.74 Å². The van der Waals surface area contributed by atoms with Crippen LogP contribution in [-0.2, 0) is 11.0 Å². The van der Waals surface area contributed by atoms with Gasteiger partial charge in [0.05, 0.1) is 16.2 Å². The summed E-state index contributed by atoms with van der Waals surface area (Å²) in [4.78, 5) is 11.0. The molecule has 2 aromatic rings. The average molecular weight is 425 g/mol. The molecule has 29 heavy (non-hydrogen) atoms. The molecule has 0 saturated carbocycles. The third-order valence-electron chi connectivity index (χ3n) is 4.08. The lowest BCUT2D eigenvalue weighted by Crippen LogP contribution is -2.05. The summed E-state index contributed by atoms with van der Waals surface area (Å²) in [6, 6.07) is 6.28. The predicted molar refractivity (Wildman–Crippen MR) is 100 cm³/mol. The minimum Gasteiger partial charge on any atom is -0.478 e. The summed E-state index contributed by atoms with van der Waals surface area (Å²) in [5.41, 5.74) is 0.208. The van der Waals surface area contributed by atoms with Gasteiger partial charge in [-0.3, -0.25) is 0 Å². The summed E-state index contributed by atoms with van der Waals surface area (Å²) in [5, 5.41) is 8.88. The summed E-state index contributed by atoms with van der Waals surface area (Å²) in [5.74, 6) is -1.80. The molecule has 0 aliphatic heterocycles. The molecule has 0 heterocycles. The molecule has 3 rings (SSSR count). The topological polar surface area (TPSA) is 46.5 Å². The molecular weight excluding hydrogens is 412 g/mol. The van der Waals surface area contributed by atoms with Gasteiger partial charge >= 0.3 is 12.1 Å². The highest BCUT2D eigenvalue weighted by atomic mass is 35.5. The van der Waals surface area contributed by atoms with Crippen LogP contribution in [-0.4, -0.2) is 11.1 Å². The summed E-state index contributed by atoms with van der Waals surface area (Å²) in [7, 11) is 0. The predicted octanol–water partition coefficient (Wildman–Crippen LogP) is 6.64. The van der Waals surface area contributed by atoms with Gasteiger partial charge in [0.15, 0.2) is 0 Å². The Morgan fingerprint density at radius 2 is 1.86 bits per heavy atom. The molecule has 0 aromatic heterocycles. The second-order valence-electron chi connectivity index (χ2n) is 6.15. The molecule has 1 aliphatic rings. The van der Waals surface area contributed by atoms with Crippen LogP contribution in [0.4, 0.5) is 17.6 Å². The van der Waals surface area contributed by atoms with Gasteiger partial charge in [0.1, 0.15) is 17.3 Å². The smallest absolute Gasteiger partial charge is 0.416 e. The van der Waals surface area contributed by atoms with E-state index in [0.29, 0.717) is 11.1 Å². The van der Waals surface area contributed by atoms with Gasteiger partial charge in [-0.25, -0.2) is 9.18 Å². The minimum absolute atomic E-state index is 0.000660. The van der Waals surface area contributed by atoms with Gasteiger partial charge in [-0.2, -0.15) is 13.2 Å². The number of carboxylic acid groups (broad SMARTS) is 1. The van der Waals surface area contributed by atoms with Crippen LogP contribution in [0.1, 0.15) is 17.5 Å². The fourth-order valence-electron chi connectivity index (χ4n) is 2.62. The lowest BCUT2D eigenvalue weighted by molar-refractivity contribution is -0.137. The summed E-state index contributed by atoms with van der Waals surface area (Å²) < 4.78 is 58.2. The third kappa shape index (κ3) is 5.06. The molecule has 0 bridgehead atoms. The zero-order valence-corrected chi connectivity index (χ0v) is 15.4. The van der Waals surface area contributed by atoms with Crippen LogP contribution in [0.3, 0.4) is 0 Å². The van der Waals surface area contributed by atoms with Crippen LogP contribution >= 0.6 is 11.6 Å². The third-order valence-corrected chi connectivity index (χ3v) is 4.37. The number of aliphatic carboxylic acids is 1. The van der Waals surface area contributed by atoms with Crippen molar-refractivity contribution in [2.24, 2.45) is 0 Å². The first-order chi connectivity index (χ1) is 13.6. The minimum atomic E-state index is -4.58. The number of hydrogen-bond donors (Lipinski definition) is 1. The second kappa shape index (κ2) is 8.13. The zero-order chi connectivity index (χ0) is 21.2. The van der Waals surface area contributed by atoms with E-state index in [9.17, 15) is 22.4 Å². The number of halogens is 5. The van der Waals surface area contributed by atoms with Crippen LogP contribution in [0.15, 0.2) is 65.8 Å². The molecule has 0 radical (unpaired) electrons. The number of allylic oxidation sites excluding steroid dienone is 3. The molecule has 0 fully saturated rings. The highest BCUT2D eigenvalue weighted by Gasteiger charge is 2.31. The standard InChI is InChI=1S/C21H13ClF4O3/c22-17-11-16(23)7-8-18(17)29-19-10-15(21(24,25)26)6-5-14(19)9-12-1-3-13(4-2-12)20(27)28/h1,3-11H,2H2,(H,27,28). The first kappa shape index (κ1) is 20.7. The highest BCUT2D eigenvalue weighted by molar-refractivity contribution is 6.32. The number of carboxylic acids is 1. The molecule has 8 heteroatoms. The molecule has 0 unspecified atom stereocenters. The van der Waals surface area contributed by atoms with Gasteiger partial charge in [-0.1, -0.05) is 29.8 Å². The van der Waals surface area contributed by atoms with Gasteiger partial charge in [0.25, 0.3) is 0 Å². The van der Waals surface area contributed by atoms with Crippen LogP contribution in [0, 0.1) is 5.82 Å². The van der Waals surface area contributed by atoms with Crippen molar-refractivity contribution in [2.45, 2.75) is 12.6 Å². The maximum atomic E-state index is 13.2. The van der Waals surface area contributed by atoms with Gasteiger partial charge < -0.3 is 9.84 Å². The maximum absolute atomic E-state index is 13.2. The first-order valence-corrected chi connectivity index (χ1v) is 8.67. The van der Waals surface area contributed by atoms with E-state index in [0.717, 1.165) is 24.3 Å². The lowest BCUT2D eigenvalue weighted by atomic mass is 9.99. The number of carbonyl (C=O) groups is 1. The number of rotatable bonds is 4. The Labute approximate surface area is 168 Å². The van der Waals surface area contributed by atoms with E-state index in [-0.39, 0.29) is 28.5 Å². The normalized spacial score (nSPS) is 15.3. The molecule has 0 spiro atoms. The Hall–Kier alpha value is -3.06. The molecule has 0 saturated heterocycles. The SMILES string of the molecule is O=C(O)C1=CCC(=Cc2ccc(C(F)(F)F)cc2Oc2ccc(F)cc2Cl)C=C1. The van der Waals surface area contributed by atoms with E-state index in [1.54, 1.807) is 12.2 Å². The Kier molecular flexibility index (Phi) is 5.79. The number of benzene rings is 2. The Morgan fingerprint density at radius 3 is 2.45 bits per heavy atom. The van der Waals surface area contributed by atoms with Crippen molar-refractivity contribution in [3.05, 3.63) is 87.7 Å². The number of ether oxygens (including phenoxy) is 1. The van der Waals surface area contributed by atoms with Gasteiger partial charge in [0, 0.05) is 5.56 Å². The maximum Gasteiger partial charge on any atom is 0.416 e.